The van der Waals surface area contributed by atoms with Gasteiger partial charge in [-0.05, 0) is 65.2 Å². The van der Waals surface area contributed by atoms with Crippen molar-refractivity contribution in [2.24, 2.45) is 0 Å². The first kappa shape index (κ1) is 19.5. The molecule has 3 aromatic rings. The number of nitrogens with one attached hydrogen (secondary N) is 1. The minimum atomic E-state index is -0.245. The van der Waals surface area contributed by atoms with Crippen LogP contribution >= 0.6 is 27.5 Å². The number of ether oxygens (including phenoxy) is 1. The zero-order valence-electron chi connectivity index (χ0n) is 14.7. The number of amides is 1. The lowest BCUT2D eigenvalue weighted by atomic mass is 10.2. The summed E-state index contributed by atoms with van der Waals surface area (Å²) in [7, 11) is 0. The summed E-state index contributed by atoms with van der Waals surface area (Å²) in [5.41, 5.74) is 0.941. The van der Waals surface area contributed by atoms with E-state index in [9.17, 15) is 4.79 Å². The highest BCUT2D eigenvalue weighted by Gasteiger charge is 2.11. The fourth-order valence-corrected chi connectivity index (χ4v) is 3.05. The first-order valence-electron chi connectivity index (χ1n) is 8.45. The summed E-state index contributed by atoms with van der Waals surface area (Å²) in [4.78, 5) is 12.1. The maximum Gasteiger partial charge on any atom is 0.286 e. The van der Waals surface area contributed by atoms with E-state index in [-0.39, 0.29) is 18.3 Å². The molecule has 1 N–H and O–H groups in total. The van der Waals surface area contributed by atoms with Gasteiger partial charge in [0.1, 0.15) is 18.1 Å². The minimum Gasteiger partial charge on any atom is -0.485 e. The van der Waals surface area contributed by atoms with Crippen molar-refractivity contribution in [2.45, 2.75) is 26.5 Å². The number of benzene rings is 1. The highest BCUT2D eigenvalue weighted by Crippen LogP contribution is 2.23. The van der Waals surface area contributed by atoms with Gasteiger partial charge in [0.2, 0.25) is 0 Å². The van der Waals surface area contributed by atoms with E-state index in [1.165, 1.54) is 0 Å². The standard InChI is InChI=1S/C19H19BrClN3O3/c1-13-9-15(21)3-5-17(13)26-12-16-4-6-18(27-16)19(25)22-7-2-8-24-11-14(20)10-23-24/h3-6,9-11H,2,7-8,12H2,1H3,(H,22,25). The number of nitrogens with zero attached hydrogens (tertiary/aromatic N) is 2. The molecule has 2 heterocycles. The van der Waals surface area contributed by atoms with Gasteiger partial charge in [0.05, 0.1) is 10.7 Å². The Balaban J connectivity index is 1.44. The van der Waals surface area contributed by atoms with Gasteiger partial charge in [0, 0.05) is 24.3 Å². The molecule has 0 aliphatic heterocycles. The van der Waals surface area contributed by atoms with Crippen molar-refractivity contribution in [3.05, 3.63) is 69.3 Å². The Morgan fingerprint density at radius 2 is 2.22 bits per heavy atom. The predicted octanol–water partition coefficient (Wildman–Crippen LogP) is 4.60. The van der Waals surface area contributed by atoms with Gasteiger partial charge in [-0.1, -0.05) is 11.6 Å². The number of aryl methyl sites for hydroxylation is 2. The number of hydrogen-bond acceptors (Lipinski definition) is 4. The average molecular weight is 453 g/mol. The minimum absolute atomic E-state index is 0.240. The first-order chi connectivity index (χ1) is 13.0. The summed E-state index contributed by atoms with van der Waals surface area (Å²) in [5, 5.41) is 7.67. The molecule has 0 saturated carbocycles. The predicted molar refractivity (Wildman–Crippen MR) is 106 cm³/mol. The zero-order valence-corrected chi connectivity index (χ0v) is 17.1. The lowest BCUT2D eigenvalue weighted by Gasteiger charge is -2.07. The second-order valence-corrected chi connectivity index (χ2v) is 7.35. The fourth-order valence-electron chi connectivity index (χ4n) is 2.49. The molecule has 0 unspecified atom stereocenters. The van der Waals surface area contributed by atoms with Crippen molar-refractivity contribution in [3.63, 3.8) is 0 Å². The zero-order chi connectivity index (χ0) is 19.2. The number of aromatic nitrogens is 2. The van der Waals surface area contributed by atoms with E-state index in [1.54, 1.807) is 24.4 Å². The molecule has 1 aromatic carbocycles. The van der Waals surface area contributed by atoms with Crippen LogP contribution in [-0.2, 0) is 13.2 Å². The average Bonchev–Trinajstić information content (AvgIpc) is 3.27. The molecule has 2 aromatic heterocycles. The topological polar surface area (TPSA) is 69.3 Å². The number of carbonyl (C=O) groups excluding carboxylic acids is 1. The largest absolute Gasteiger partial charge is 0.485 e. The normalized spacial score (nSPS) is 10.8. The maximum atomic E-state index is 12.1. The van der Waals surface area contributed by atoms with E-state index in [2.05, 4.69) is 26.3 Å². The van der Waals surface area contributed by atoms with Gasteiger partial charge in [0.15, 0.2) is 5.76 Å². The lowest BCUT2D eigenvalue weighted by molar-refractivity contribution is 0.0920. The van der Waals surface area contributed by atoms with Crippen LogP contribution in [0.4, 0.5) is 0 Å². The van der Waals surface area contributed by atoms with Gasteiger partial charge in [-0.3, -0.25) is 9.48 Å². The van der Waals surface area contributed by atoms with Crippen LogP contribution in [0.3, 0.4) is 0 Å². The fraction of sp³-hybridized carbons (Fsp3) is 0.263. The molecule has 142 valence electrons. The SMILES string of the molecule is Cc1cc(Cl)ccc1OCc1ccc(C(=O)NCCCn2cc(Br)cn2)o1. The third-order valence-corrected chi connectivity index (χ3v) is 4.49. The molecular weight excluding hydrogens is 434 g/mol. The molecule has 3 rings (SSSR count). The van der Waals surface area contributed by atoms with E-state index < -0.39 is 0 Å². The van der Waals surface area contributed by atoms with E-state index >= 15 is 0 Å². The quantitative estimate of drug-likeness (QED) is 0.507. The Morgan fingerprint density at radius 3 is 2.96 bits per heavy atom. The van der Waals surface area contributed by atoms with E-state index in [1.807, 2.05) is 29.9 Å². The third kappa shape index (κ3) is 5.61. The van der Waals surface area contributed by atoms with Crippen LogP contribution in [0.1, 0.15) is 28.3 Å². The number of halogens is 2. The molecule has 6 nitrogen and oxygen atoms in total. The Hall–Kier alpha value is -2.25. The molecule has 0 aliphatic carbocycles. The van der Waals surface area contributed by atoms with Gasteiger partial charge in [-0.25, -0.2) is 0 Å². The molecule has 0 bridgehead atoms. The van der Waals surface area contributed by atoms with Crippen LogP contribution in [-0.4, -0.2) is 22.2 Å². The summed E-state index contributed by atoms with van der Waals surface area (Å²) >= 11 is 9.29. The van der Waals surface area contributed by atoms with Crippen LogP contribution in [0.5, 0.6) is 5.75 Å². The van der Waals surface area contributed by atoms with Crippen molar-refractivity contribution in [2.75, 3.05) is 6.54 Å². The molecule has 0 fully saturated rings. The van der Waals surface area contributed by atoms with Gasteiger partial charge in [0.25, 0.3) is 5.91 Å². The van der Waals surface area contributed by atoms with Crippen molar-refractivity contribution in [1.29, 1.82) is 0 Å². The Kier molecular flexibility index (Phi) is 6.58. The molecule has 8 heteroatoms. The van der Waals surface area contributed by atoms with Gasteiger partial charge in [-0.2, -0.15) is 5.10 Å². The van der Waals surface area contributed by atoms with Gasteiger partial charge in [-0.15, -0.1) is 0 Å². The van der Waals surface area contributed by atoms with Crippen molar-refractivity contribution < 1.29 is 13.9 Å². The number of rotatable bonds is 8. The Bertz CT molecular complexity index is 923. The number of hydrogen-bond donors (Lipinski definition) is 1. The molecule has 0 spiro atoms. The van der Waals surface area contributed by atoms with Gasteiger partial charge >= 0.3 is 0 Å². The summed E-state index contributed by atoms with van der Waals surface area (Å²) in [6.07, 6.45) is 4.39. The van der Waals surface area contributed by atoms with Crippen LogP contribution in [0, 0.1) is 6.92 Å². The summed E-state index contributed by atoms with van der Waals surface area (Å²) < 4.78 is 14.0. The maximum absolute atomic E-state index is 12.1. The first-order valence-corrected chi connectivity index (χ1v) is 9.62. The van der Waals surface area contributed by atoms with Crippen molar-refractivity contribution >= 4 is 33.4 Å². The second kappa shape index (κ2) is 9.10. The number of furan rings is 1. The Morgan fingerprint density at radius 1 is 1.37 bits per heavy atom. The molecule has 1 amide bonds. The highest BCUT2D eigenvalue weighted by molar-refractivity contribution is 9.10. The van der Waals surface area contributed by atoms with Crippen molar-refractivity contribution in [1.82, 2.24) is 15.1 Å². The molecule has 0 radical (unpaired) electrons. The van der Waals surface area contributed by atoms with Crippen LogP contribution in [0.25, 0.3) is 0 Å². The Labute approximate surface area is 170 Å². The highest BCUT2D eigenvalue weighted by atomic mass is 79.9. The van der Waals surface area contributed by atoms with Crippen LogP contribution in [0.2, 0.25) is 5.02 Å². The van der Waals surface area contributed by atoms with E-state index in [0.29, 0.717) is 17.3 Å². The summed E-state index contributed by atoms with van der Waals surface area (Å²) in [6, 6.07) is 8.80. The third-order valence-electron chi connectivity index (χ3n) is 3.84. The molecular formula is C19H19BrClN3O3. The molecule has 0 saturated heterocycles. The molecule has 0 aliphatic rings. The molecule has 27 heavy (non-hydrogen) atoms. The summed E-state index contributed by atoms with van der Waals surface area (Å²) in [6.45, 7) is 3.42. The van der Waals surface area contributed by atoms with E-state index in [4.69, 9.17) is 20.8 Å². The van der Waals surface area contributed by atoms with E-state index in [0.717, 1.165) is 28.8 Å². The van der Waals surface area contributed by atoms with Gasteiger partial charge < -0.3 is 14.5 Å². The summed E-state index contributed by atoms with van der Waals surface area (Å²) in [5.74, 6) is 1.33. The van der Waals surface area contributed by atoms with Crippen LogP contribution in [0.15, 0.2) is 51.6 Å². The lowest BCUT2D eigenvalue weighted by Crippen LogP contribution is -2.24. The smallest absolute Gasteiger partial charge is 0.286 e. The molecule has 0 atom stereocenters. The van der Waals surface area contributed by atoms with Crippen LogP contribution < -0.4 is 10.1 Å². The number of carbonyl (C=O) groups is 1. The van der Waals surface area contributed by atoms with Crippen molar-refractivity contribution in [3.8, 4) is 5.75 Å². The monoisotopic (exact) mass is 451 g/mol. The second-order valence-electron chi connectivity index (χ2n) is 6.00.